The van der Waals surface area contributed by atoms with E-state index in [0.717, 1.165) is 0 Å². The summed E-state index contributed by atoms with van der Waals surface area (Å²) in [6, 6.07) is 15.7. The number of hydrogen-bond acceptors (Lipinski definition) is 6. The van der Waals surface area contributed by atoms with Crippen LogP contribution in [0.25, 0.3) is 0 Å². The molecule has 0 radical (unpaired) electrons. The number of ether oxygens (including phenoxy) is 2. The maximum Gasteiger partial charge on any atom is 0.340 e. The minimum atomic E-state index is -1.20. The Morgan fingerprint density at radius 1 is 0.867 bits per heavy atom. The van der Waals surface area contributed by atoms with Crippen LogP contribution in [0, 0.1) is 5.92 Å². The molecule has 5 rings (SSSR count). The Bertz CT molecular complexity index is 1190. The number of carbonyl (C=O) groups is 2. The van der Waals surface area contributed by atoms with Gasteiger partial charge in [-0.25, -0.2) is 4.79 Å². The van der Waals surface area contributed by atoms with Crippen LogP contribution in [0.1, 0.15) is 51.3 Å². The van der Waals surface area contributed by atoms with E-state index in [2.05, 4.69) is 0 Å². The number of fused-ring (bicyclic) bond motifs is 6. The molecule has 0 aliphatic carbocycles. The molecule has 0 unspecified atom stereocenters. The van der Waals surface area contributed by atoms with Crippen LogP contribution >= 0.6 is 0 Å². The summed E-state index contributed by atoms with van der Waals surface area (Å²) < 4.78 is 12.1. The highest BCUT2D eigenvalue weighted by Crippen LogP contribution is 2.56. The van der Waals surface area contributed by atoms with Gasteiger partial charge in [0.05, 0.1) is 5.56 Å². The number of nitrogen functional groups attached to an aromatic ring is 2. The maximum atomic E-state index is 13.0. The molecule has 4 N–H and O–H groups in total. The van der Waals surface area contributed by atoms with Gasteiger partial charge in [-0.3, -0.25) is 4.79 Å². The zero-order chi connectivity index (χ0) is 21.2. The second-order valence-electron chi connectivity index (χ2n) is 7.96. The number of hydrogen-bond donors (Lipinski definition) is 2. The highest BCUT2D eigenvalue weighted by Gasteiger charge is 2.53. The van der Waals surface area contributed by atoms with Crippen molar-refractivity contribution < 1.29 is 19.1 Å². The summed E-state index contributed by atoms with van der Waals surface area (Å²) in [5, 5.41) is 0. The van der Waals surface area contributed by atoms with Gasteiger partial charge in [-0.15, -0.1) is 0 Å². The van der Waals surface area contributed by atoms with Crippen molar-refractivity contribution in [3.05, 3.63) is 82.4 Å². The molecule has 30 heavy (non-hydrogen) atoms. The van der Waals surface area contributed by atoms with Crippen molar-refractivity contribution in [1.82, 2.24) is 0 Å². The first-order valence-electron chi connectivity index (χ1n) is 9.71. The SMILES string of the molecule is CC(C)C(=O)c1ccc2c(c1)C(=O)OC21c2ccc(N)cc2Oc2cc(N)ccc21. The molecule has 0 atom stereocenters. The lowest BCUT2D eigenvalue weighted by Crippen LogP contribution is -2.33. The molecule has 0 fully saturated rings. The topological polar surface area (TPSA) is 105 Å². The number of Topliss-reactive ketones (excluding diaryl/α,β-unsaturated/α-hetero) is 1. The fraction of sp³-hybridized carbons (Fsp3) is 0.167. The average Bonchev–Trinajstić information content (AvgIpc) is 2.99. The summed E-state index contributed by atoms with van der Waals surface area (Å²) in [6.07, 6.45) is 0. The van der Waals surface area contributed by atoms with Gasteiger partial charge >= 0.3 is 5.97 Å². The number of nitrogens with two attached hydrogens (primary N) is 2. The Hall–Kier alpha value is -3.80. The highest BCUT2D eigenvalue weighted by molar-refractivity contribution is 6.03. The lowest BCUT2D eigenvalue weighted by molar-refractivity contribution is 0.0224. The fourth-order valence-electron chi connectivity index (χ4n) is 4.25. The zero-order valence-corrected chi connectivity index (χ0v) is 16.6. The molecular formula is C24H20N2O4. The van der Waals surface area contributed by atoms with E-state index in [-0.39, 0.29) is 11.7 Å². The molecular weight excluding hydrogens is 380 g/mol. The number of esters is 1. The van der Waals surface area contributed by atoms with Gasteiger partial charge in [0.25, 0.3) is 0 Å². The summed E-state index contributed by atoms with van der Waals surface area (Å²) in [7, 11) is 0. The smallest absolute Gasteiger partial charge is 0.340 e. The van der Waals surface area contributed by atoms with Gasteiger partial charge in [-0.1, -0.05) is 26.0 Å². The van der Waals surface area contributed by atoms with Crippen LogP contribution in [-0.4, -0.2) is 11.8 Å². The van der Waals surface area contributed by atoms with Gasteiger partial charge in [-0.2, -0.15) is 0 Å². The van der Waals surface area contributed by atoms with Crippen molar-refractivity contribution in [2.45, 2.75) is 19.4 Å². The van der Waals surface area contributed by atoms with E-state index in [4.69, 9.17) is 20.9 Å². The monoisotopic (exact) mass is 400 g/mol. The Kier molecular flexibility index (Phi) is 3.71. The Morgan fingerprint density at radius 2 is 1.43 bits per heavy atom. The zero-order valence-electron chi connectivity index (χ0n) is 16.6. The van der Waals surface area contributed by atoms with E-state index in [1.807, 2.05) is 13.8 Å². The molecule has 3 aromatic carbocycles. The minimum Gasteiger partial charge on any atom is -0.456 e. The quantitative estimate of drug-likeness (QED) is 0.378. The standard InChI is InChI=1S/C24H20N2O4/c1-12(2)22(27)13-3-6-17-16(9-13)23(28)30-24(17)18-7-4-14(25)10-20(18)29-21-11-15(26)5-8-19(21)24/h3-12H,25-26H2,1-2H3. The van der Waals surface area contributed by atoms with Gasteiger partial charge in [0.15, 0.2) is 11.4 Å². The summed E-state index contributed by atoms with van der Waals surface area (Å²) in [5.41, 5.74) is 14.7. The van der Waals surface area contributed by atoms with E-state index < -0.39 is 11.6 Å². The van der Waals surface area contributed by atoms with Crippen LogP contribution in [0.5, 0.6) is 11.5 Å². The van der Waals surface area contributed by atoms with E-state index in [0.29, 0.717) is 50.7 Å². The Morgan fingerprint density at radius 3 is 2.00 bits per heavy atom. The molecule has 0 aromatic heterocycles. The first kappa shape index (κ1) is 18.2. The summed E-state index contributed by atoms with van der Waals surface area (Å²) >= 11 is 0. The maximum absolute atomic E-state index is 13.0. The Labute approximate surface area is 173 Å². The molecule has 1 spiro atoms. The molecule has 0 bridgehead atoms. The number of carbonyl (C=O) groups excluding carboxylic acids is 2. The predicted molar refractivity (Wildman–Crippen MR) is 113 cm³/mol. The average molecular weight is 400 g/mol. The van der Waals surface area contributed by atoms with Crippen LogP contribution in [0.2, 0.25) is 0 Å². The second kappa shape index (κ2) is 6.10. The van der Waals surface area contributed by atoms with E-state index in [1.165, 1.54) is 0 Å². The van der Waals surface area contributed by atoms with Crippen molar-refractivity contribution in [1.29, 1.82) is 0 Å². The molecule has 2 heterocycles. The lowest BCUT2D eigenvalue weighted by Gasteiger charge is -2.36. The highest BCUT2D eigenvalue weighted by atomic mass is 16.6. The van der Waals surface area contributed by atoms with E-state index in [9.17, 15) is 9.59 Å². The van der Waals surface area contributed by atoms with Crippen LogP contribution in [0.4, 0.5) is 11.4 Å². The van der Waals surface area contributed by atoms with Gasteiger partial charge in [0.1, 0.15) is 11.5 Å². The third-order valence-electron chi connectivity index (χ3n) is 5.66. The predicted octanol–water partition coefficient (Wildman–Crippen LogP) is 4.26. The normalized spacial score (nSPS) is 15.2. The molecule has 2 aliphatic heterocycles. The fourth-order valence-corrected chi connectivity index (χ4v) is 4.25. The molecule has 0 saturated heterocycles. The van der Waals surface area contributed by atoms with Gasteiger partial charge in [-0.05, 0) is 30.3 Å². The minimum absolute atomic E-state index is 0.0279. The molecule has 3 aromatic rings. The molecule has 6 heteroatoms. The van der Waals surface area contributed by atoms with Crippen molar-refractivity contribution in [3.8, 4) is 11.5 Å². The van der Waals surface area contributed by atoms with Crippen LogP contribution in [-0.2, 0) is 10.3 Å². The van der Waals surface area contributed by atoms with E-state index >= 15 is 0 Å². The lowest BCUT2D eigenvalue weighted by atomic mass is 9.77. The number of benzene rings is 3. The van der Waals surface area contributed by atoms with Crippen LogP contribution in [0.15, 0.2) is 54.6 Å². The van der Waals surface area contributed by atoms with Crippen LogP contribution < -0.4 is 16.2 Å². The first-order chi connectivity index (χ1) is 14.3. The molecule has 0 amide bonds. The Balaban J connectivity index is 1.81. The third-order valence-corrected chi connectivity index (χ3v) is 5.66. The molecule has 6 nitrogen and oxygen atoms in total. The van der Waals surface area contributed by atoms with Crippen LogP contribution in [0.3, 0.4) is 0 Å². The summed E-state index contributed by atoms with van der Waals surface area (Å²) in [5.74, 6) is 0.299. The summed E-state index contributed by atoms with van der Waals surface area (Å²) in [6.45, 7) is 3.66. The first-order valence-corrected chi connectivity index (χ1v) is 9.71. The van der Waals surface area contributed by atoms with Crippen molar-refractivity contribution in [3.63, 3.8) is 0 Å². The van der Waals surface area contributed by atoms with Gasteiger partial charge < -0.3 is 20.9 Å². The third kappa shape index (κ3) is 2.37. The van der Waals surface area contributed by atoms with Gasteiger partial charge in [0.2, 0.25) is 0 Å². The molecule has 150 valence electrons. The van der Waals surface area contributed by atoms with Crippen molar-refractivity contribution in [2.75, 3.05) is 11.5 Å². The number of ketones is 1. The second-order valence-corrected chi connectivity index (χ2v) is 7.96. The molecule has 2 aliphatic rings. The van der Waals surface area contributed by atoms with E-state index in [1.54, 1.807) is 54.6 Å². The van der Waals surface area contributed by atoms with Crippen molar-refractivity contribution >= 4 is 23.1 Å². The van der Waals surface area contributed by atoms with Gasteiger partial charge in [0, 0.05) is 51.7 Å². The van der Waals surface area contributed by atoms with Crippen molar-refractivity contribution in [2.24, 2.45) is 5.92 Å². The number of rotatable bonds is 2. The number of anilines is 2. The molecule has 0 saturated carbocycles. The summed E-state index contributed by atoms with van der Waals surface area (Å²) in [4.78, 5) is 25.5. The largest absolute Gasteiger partial charge is 0.456 e.